The topological polar surface area (TPSA) is 29.3 Å². The van der Waals surface area contributed by atoms with Gasteiger partial charge in [-0.3, -0.25) is 0 Å². The molecule has 17 heavy (non-hydrogen) atoms. The Balaban J connectivity index is 2.06. The Morgan fingerprint density at radius 3 is 2.59 bits per heavy atom. The van der Waals surface area contributed by atoms with Crippen LogP contribution in [-0.4, -0.2) is 25.3 Å². The minimum atomic E-state index is -1.15. The first-order valence-electron chi connectivity index (χ1n) is 6.34. The van der Waals surface area contributed by atoms with Gasteiger partial charge in [-0.05, 0) is 31.9 Å². The summed E-state index contributed by atoms with van der Waals surface area (Å²) in [6.07, 6.45) is 2.00. The quantitative estimate of drug-likeness (QED) is 0.855. The first-order valence-corrected chi connectivity index (χ1v) is 6.34. The molecule has 1 aromatic rings. The molecule has 0 saturated carbocycles. The molecule has 1 saturated heterocycles. The molecule has 1 heterocycles. The predicted molar refractivity (Wildman–Crippen MR) is 70.1 cm³/mol. The molecule has 0 spiro atoms. The molecule has 2 rings (SSSR count). The van der Waals surface area contributed by atoms with Crippen LogP contribution in [0.1, 0.15) is 24.8 Å². The van der Waals surface area contributed by atoms with Crippen molar-refractivity contribution in [2.24, 2.45) is 5.73 Å². The van der Waals surface area contributed by atoms with Crippen molar-refractivity contribution in [3.05, 3.63) is 29.8 Å². The number of nitrogens with zero attached hydrogens (tertiary/aromatic N) is 1. The Morgan fingerprint density at radius 2 is 1.94 bits per heavy atom. The van der Waals surface area contributed by atoms with Crippen LogP contribution in [0, 0.1) is 6.92 Å². The molecule has 1 unspecified atom stereocenters. The van der Waals surface area contributed by atoms with E-state index in [1.807, 2.05) is 0 Å². The molecule has 1 aliphatic heterocycles. The summed E-state index contributed by atoms with van der Waals surface area (Å²) < 4.78 is 14.2. The molecule has 3 heteroatoms. The Labute approximate surface area is 103 Å². The average Bonchev–Trinajstić information content (AvgIpc) is 2.53. The highest BCUT2D eigenvalue weighted by atomic mass is 19.1. The Bertz CT molecular complexity index is 363. The fourth-order valence-corrected chi connectivity index (χ4v) is 2.38. The molecule has 0 aromatic heterocycles. The number of halogens is 1. The lowest BCUT2D eigenvalue weighted by molar-refractivity contribution is 0.155. The van der Waals surface area contributed by atoms with Crippen LogP contribution >= 0.6 is 0 Å². The molecule has 0 amide bonds. The van der Waals surface area contributed by atoms with E-state index in [9.17, 15) is 4.39 Å². The summed E-state index contributed by atoms with van der Waals surface area (Å²) in [5.74, 6) is 0. The van der Waals surface area contributed by atoms with Gasteiger partial charge in [-0.1, -0.05) is 17.7 Å². The van der Waals surface area contributed by atoms with Crippen LogP contribution in [0.25, 0.3) is 0 Å². The Kier molecular flexibility index (Phi) is 3.67. The number of benzene rings is 1. The lowest BCUT2D eigenvalue weighted by atomic mass is 9.97. The van der Waals surface area contributed by atoms with Gasteiger partial charge in [0, 0.05) is 31.7 Å². The van der Waals surface area contributed by atoms with Crippen molar-refractivity contribution in [2.45, 2.75) is 31.9 Å². The lowest BCUT2D eigenvalue weighted by Crippen LogP contribution is -2.34. The van der Waals surface area contributed by atoms with Gasteiger partial charge in [-0.15, -0.1) is 0 Å². The van der Waals surface area contributed by atoms with Gasteiger partial charge in [0.15, 0.2) is 0 Å². The third-order valence-corrected chi connectivity index (χ3v) is 3.65. The Hall–Kier alpha value is -1.09. The molecular weight excluding hydrogens is 215 g/mol. The number of hydrogen-bond donors (Lipinski definition) is 1. The van der Waals surface area contributed by atoms with Crippen LogP contribution in [0.4, 0.5) is 10.1 Å². The second-order valence-electron chi connectivity index (χ2n) is 5.03. The number of rotatable bonds is 2. The zero-order valence-corrected chi connectivity index (χ0v) is 10.5. The highest BCUT2D eigenvalue weighted by Gasteiger charge is 2.30. The molecule has 0 radical (unpaired) electrons. The van der Waals surface area contributed by atoms with Crippen LogP contribution in [-0.2, 0) is 0 Å². The summed E-state index contributed by atoms with van der Waals surface area (Å²) in [5.41, 5.74) is 6.81. The SMILES string of the molecule is Cc1ccc(N2CCCC(F)(CN)CC2)cc1. The van der Waals surface area contributed by atoms with E-state index in [-0.39, 0.29) is 6.54 Å². The molecule has 1 aliphatic rings. The molecule has 1 aromatic carbocycles. The van der Waals surface area contributed by atoms with Gasteiger partial charge in [0.1, 0.15) is 5.67 Å². The maximum absolute atomic E-state index is 14.2. The van der Waals surface area contributed by atoms with E-state index in [4.69, 9.17) is 5.73 Å². The van der Waals surface area contributed by atoms with E-state index in [1.54, 1.807) is 0 Å². The summed E-state index contributed by atoms with van der Waals surface area (Å²) in [6, 6.07) is 8.43. The van der Waals surface area contributed by atoms with E-state index in [0.29, 0.717) is 12.8 Å². The summed E-state index contributed by atoms with van der Waals surface area (Å²) in [4.78, 5) is 2.26. The van der Waals surface area contributed by atoms with Crippen molar-refractivity contribution in [3.63, 3.8) is 0 Å². The second-order valence-corrected chi connectivity index (χ2v) is 5.03. The zero-order chi connectivity index (χ0) is 12.3. The summed E-state index contributed by atoms with van der Waals surface area (Å²) in [5, 5.41) is 0. The van der Waals surface area contributed by atoms with E-state index >= 15 is 0 Å². The summed E-state index contributed by atoms with van der Waals surface area (Å²) in [6.45, 7) is 3.91. The second kappa shape index (κ2) is 5.05. The maximum atomic E-state index is 14.2. The molecule has 1 fully saturated rings. The standard InChI is InChI=1S/C14H21FN2/c1-12-3-5-13(6-4-12)17-9-2-7-14(15,11-16)8-10-17/h3-6H,2,7-11,16H2,1H3. The largest absolute Gasteiger partial charge is 0.371 e. The van der Waals surface area contributed by atoms with E-state index in [0.717, 1.165) is 19.5 Å². The van der Waals surface area contributed by atoms with Gasteiger partial charge >= 0.3 is 0 Å². The first kappa shape index (κ1) is 12.4. The van der Waals surface area contributed by atoms with Crippen LogP contribution < -0.4 is 10.6 Å². The summed E-state index contributed by atoms with van der Waals surface area (Å²) in [7, 11) is 0. The fourth-order valence-electron chi connectivity index (χ4n) is 2.38. The van der Waals surface area contributed by atoms with Gasteiger partial charge in [0.2, 0.25) is 0 Å². The smallest absolute Gasteiger partial charge is 0.124 e. The number of hydrogen-bond acceptors (Lipinski definition) is 2. The first-order chi connectivity index (χ1) is 8.13. The Morgan fingerprint density at radius 1 is 1.24 bits per heavy atom. The monoisotopic (exact) mass is 236 g/mol. The summed E-state index contributed by atoms with van der Waals surface area (Å²) >= 11 is 0. The minimum absolute atomic E-state index is 0.148. The third-order valence-electron chi connectivity index (χ3n) is 3.65. The van der Waals surface area contributed by atoms with Crippen molar-refractivity contribution in [1.82, 2.24) is 0 Å². The third kappa shape index (κ3) is 2.97. The maximum Gasteiger partial charge on any atom is 0.124 e. The molecule has 94 valence electrons. The number of anilines is 1. The average molecular weight is 236 g/mol. The normalized spacial score (nSPS) is 25.7. The number of aryl methyl sites for hydroxylation is 1. The highest BCUT2D eigenvalue weighted by Crippen LogP contribution is 2.28. The highest BCUT2D eigenvalue weighted by molar-refractivity contribution is 5.47. The number of alkyl halides is 1. The van der Waals surface area contributed by atoms with E-state index in [2.05, 4.69) is 36.1 Å². The van der Waals surface area contributed by atoms with Crippen molar-refractivity contribution < 1.29 is 4.39 Å². The van der Waals surface area contributed by atoms with Crippen LogP contribution in [0.3, 0.4) is 0 Å². The van der Waals surface area contributed by atoms with Crippen molar-refractivity contribution in [1.29, 1.82) is 0 Å². The molecule has 0 bridgehead atoms. The van der Waals surface area contributed by atoms with Crippen molar-refractivity contribution >= 4 is 5.69 Å². The van der Waals surface area contributed by atoms with Crippen LogP contribution in [0.2, 0.25) is 0 Å². The zero-order valence-electron chi connectivity index (χ0n) is 10.5. The van der Waals surface area contributed by atoms with Crippen LogP contribution in [0.5, 0.6) is 0 Å². The fraction of sp³-hybridized carbons (Fsp3) is 0.571. The van der Waals surface area contributed by atoms with E-state index in [1.165, 1.54) is 11.3 Å². The van der Waals surface area contributed by atoms with Gasteiger partial charge < -0.3 is 10.6 Å². The van der Waals surface area contributed by atoms with Gasteiger partial charge in [0.25, 0.3) is 0 Å². The molecule has 2 N–H and O–H groups in total. The molecule has 2 nitrogen and oxygen atoms in total. The van der Waals surface area contributed by atoms with Crippen LogP contribution in [0.15, 0.2) is 24.3 Å². The van der Waals surface area contributed by atoms with Gasteiger partial charge in [0.05, 0.1) is 0 Å². The van der Waals surface area contributed by atoms with Crippen molar-refractivity contribution in [3.8, 4) is 0 Å². The number of nitrogens with two attached hydrogens (primary N) is 1. The minimum Gasteiger partial charge on any atom is -0.371 e. The predicted octanol–water partition coefficient (Wildman–Crippen LogP) is 2.65. The molecular formula is C14H21FN2. The molecule has 0 aliphatic carbocycles. The van der Waals surface area contributed by atoms with Gasteiger partial charge in [-0.25, -0.2) is 4.39 Å². The van der Waals surface area contributed by atoms with E-state index < -0.39 is 5.67 Å². The van der Waals surface area contributed by atoms with Gasteiger partial charge in [-0.2, -0.15) is 0 Å². The van der Waals surface area contributed by atoms with Crippen molar-refractivity contribution in [2.75, 3.05) is 24.5 Å². The molecule has 1 atom stereocenters. The lowest BCUT2D eigenvalue weighted by Gasteiger charge is -2.24.